The minimum atomic E-state index is 0.216. The number of nitrogens with one attached hydrogen (secondary N) is 2. The van der Waals surface area contributed by atoms with Gasteiger partial charge in [-0.25, -0.2) is 4.98 Å². The fourth-order valence-corrected chi connectivity index (χ4v) is 3.23. The number of aromatic nitrogens is 3. The van der Waals surface area contributed by atoms with Crippen molar-refractivity contribution in [3.8, 4) is 22.8 Å². The summed E-state index contributed by atoms with van der Waals surface area (Å²) in [4.78, 5) is 12.9. The molecular weight excluding hydrogens is 408 g/mol. The normalized spacial score (nSPS) is 10.6. The minimum Gasteiger partial charge on any atom is -0.457 e. The second kappa shape index (κ2) is 9.92. The van der Waals surface area contributed by atoms with Gasteiger partial charge in [-0.15, -0.1) is 0 Å². The molecule has 0 aliphatic carbocycles. The summed E-state index contributed by atoms with van der Waals surface area (Å²) >= 11 is 1.55. The zero-order valence-corrected chi connectivity index (χ0v) is 17.8. The van der Waals surface area contributed by atoms with Crippen LogP contribution in [-0.2, 0) is 6.54 Å². The topological polar surface area (TPSA) is 98.0 Å². The molecule has 0 aliphatic heterocycles. The number of hydrogen-bond acceptors (Lipinski definition) is 8. The Morgan fingerprint density at radius 1 is 0.935 bits per heavy atom. The van der Waals surface area contributed by atoms with Gasteiger partial charge in [0.1, 0.15) is 17.3 Å². The van der Waals surface area contributed by atoms with E-state index in [1.807, 2.05) is 79.1 Å². The zero-order chi connectivity index (χ0) is 21.5. The van der Waals surface area contributed by atoms with Crippen LogP contribution in [0.25, 0.3) is 11.3 Å². The van der Waals surface area contributed by atoms with Crippen molar-refractivity contribution >= 4 is 29.4 Å². The van der Waals surface area contributed by atoms with Crippen molar-refractivity contribution in [3.63, 3.8) is 0 Å². The highest BCUT2D eigenvalue weighted by molar-refractivity contribution is 7.96. The first-order chi connectivity index (χ1) is 15.2. The van der Waals surface area contributed by atoms with Crippen LogP contribution in [0.2, 0.25) is 0 Å². The van der Waals surface area contributed by atoms with Gasteiger partial charge in [-0.05, 0) is 36.6 Å². The van der Waals surface area contributed by atoms with E-state index in [-0.39, 0.29) is 5.95 Å². The summed E-state index contributed by atoms with van der Waals surface area (Å²) in [6, 6.07) is 23.1. The van der Waals surface area contributed by atoms with Crippen LogP contribution in [0.1, 0.15) is 5.69 Å². The number of nitrogens with two attached hydrogens (primary N) is 1. The average Bonchev–Trinajstić information content (AvgIpc) is 2.79. The molecule has 0 spiro atoms. The molecule has 0 amide bonds. The predicted octanol–water partition coefficient (Wildman–Crippen LogP) is 5.02. The van der Waals surface area contributed by atoms with Crippen LogP contribution in [0.15, 0.2) is 79.0 Å². The molecule has 0 unspecified atom stereocenters. The Morgan fingerprint density at radius 2 is 1.74 bits per heavy atom. The van der Waals surface area contributed by atoms with Crippen molar-refractivity contribution in [2.45, 2.75) is 6.54 Å². The summed E-state index contributed by atoms with van der Waals surface area (Å²) in [5, 5.41) is 3.27. The Balaban J connectivity index is 1.45. The minimum absolute atomic E-state index is 0.216. The van der Waals surface area contributed by atoms with Gasteiger partial charge in [-0.1, -0.05) is 42.3 Å². The lowest BCUT2D eigenvalue weighted by Crippen LogP contribution is -2.03. The van der Waals surface area contributed by atoms with Crippen molar-refractivity contribution in [2.75, 3.05) is 17.3 Å². The van der Waals surface area contributed by atoms with Gasteiger partial charge >= 0.3 is 0 Å². The largest absolute Gasteiger partial charge is 0.457 e. The van der Waals surface area contributed by atoms with E-state index in [9.17, 15) is 0 Å². The smallest absolute Gasteiger partial charge is 0.222 e. The summed E-state index contributed by atoms with van der Waals surface area (Å²) in [6.07, 6.45) is 3.72. The van der Waals surface area contributed by atoms with E-state index in [1.54, 1.807) is 18.1 Å². The van der Waals surface area contributed by atoms with E-state index in [0.29, 0.717) is 12.4 Å². The quantitative estimate of drug-likeness (QED) is 0.335. The van der Waals surface area contributed by atoms with E-state index in [1.165, 1.54) is 0 Å². The first kappa shape index (κ1) is 20.6. The van der Waals surface area contributed by atoms with Crippen molar-refractivity contribution in [2.24, 2.45) is 0 Å². The Labute approximate surface area is 185 Å². The van der Waals surface area contributed by atoms with Crippen LogP contribution in [0.4, 0.5) is 17.5 Å². The van der Waals surface area contributed by atoms with Crippen molar-refractivity contribution in [1.29, 1.82) is 0 Å². The summed E-state index contributed by atoms with van der Waals surface area (Å²) in [6.45, 7) is 0.675. The van der Waals surface area contributed by atoms with Gasteiger partial charge in [0.05, 0.1) is 11.4 Å². The molecule has 8 heteroatoms. The van der Waals surface area contributed by atoms with E-state index >= 15 is 0 Å². The van der Waals surface area contributed by atoms with Crippen LogP contribution in [0.5, 0.6) is 11.5 Å². The Kier molecular flexibility index (Phi) is 6.61. The third kappa shape index (κ3) is 5.71. The molecule has 0 atom stereocenters. The molecule has 0 aliphatic rings. The van der Waals surface area contributed by atoms with Gasteiger partial charge in [-0.2, -0.15) is 4.98 Å². The fraction of sp³-hybridized carbons (Fsp3) is 0.0870. The number of hydrogen-bond donors (Lipinski definition) is 3. The van der Waals surface area contributed by atoms with E-state index < -0.39 is 0 Å². The summed E-state index contributed by atoms with van der Waals surface area (Å²) in [7, 11) is 0. The number of rotatable bonds is 8. The standard InChI is InChI=1S/C23H22N6OS/c1-31-26-15-18-13-20(11-12-25-18)30-19-9-7-17(8-10-19)27-22-14-21(28-23(24)29-22)16-5-3-2-4-6-16/h2-14,26H,15H2,1H3,(H3,24,27,28,29). The van der Waals surface area contributed by atoms with Crippen LogP contribution in [0, 0.1) is 0 Å². The number of anilines is 3. The SMILES string of the molecule is CSNCc1cc(Oc2ccc(Nc3cc(-c4ccccc4)nc(N)n3)cc2)ccn1. The number of pyridine rings is 1. The molecule has 0 saturated heterocycles. The van der Waals surface area contributed by atoms with Crippen LogP contribution < -0.4 is 20.5 Å². The molecule has 156 valence electrons. The highest BCUT2D eigenvalue weighted by atomic mass is 32.2. The second-order valence-electron chi connectivity index (χ2n) is 6.62. The average molecular weight is 431 g/mol. The van der Waals surface area contributed by atoms with E-state index in [2.05, 4.69) is 25.0 Å². The number of nitrogens with zero attached hydrogens (tertiary/aromatic N) is 3. The van der Waals surface area contributed by atoms with Crippen molar-refractivity contribution in [1.82, 2.24) is 19.7 Å². The Morgan fingerprint density at radius 3 is 2.52 bits per heavy atom. The maximum absolute atomic E-state index is 5.95. The van der Waals surface area contributed by atoms with Gasteiger partial charge in [0.2, 0.25) is 5.95 Å². The molecule has 7 nitrogen and oxygen atoms in total. The van der Waals surface area contributed by atoms with E-state index in [0.717, 1.165) is 34.1 Å². The Hall–Kier alpha value is -3.62. The van der Waals surface area contributed by atoms with Crippen molar-refractivity contribution < 1.29 is 4.74 Å². The summed E-state index contributed by atoms with van der Waals surface area (Å²) < 4.78 is 9.13. The van der Waals surface area contributed by atoms with Crippen LogP contribution >= 0.6 is 11.9 Å². The lowest BCUT2D eigenvalue weighted by atomic mass is 10.1. The lowest BCUT2D eigenvalue weighted by molar-refractivity contribution is 0.481. The maximum atomic E-state index is 5.95. The third-order valence-electron chi connectivity index (χ3n) is 4.36. The fourth-order valence-electron chi connectivity index (χ4n) is 2.94. The van der Waals surface area contributed by atoms with Gasteiger partial charge in [0, 0.05) is 36.1 Å². The molecule has 0 radical (unpaired) electrons. The molecule has 2 aromatic heterocycles. The van der Waals surface area contributed by atoms with Gasteiger partial charge < -0.3 is 15.8 Å². The zero-order valence-electron chi connectivity index (χ0n) is 16.9. The molecule has 2 heterocycles. The predicted molar refractivity (Wildman–Crippen MR) is 126 cm³/mol. The Bertz CT molecular complexity index is 1140. The number of benzene rings is 2. The number of nitrogen functional groups attached to an aromatic ring is 1. The molecule has 0 bridgehead atoms. The first-order valence-corrected chi connectivity index (χ1v) is 10.9. The van der Waals surface area contributed by atoms with Crippen LogP contribution in [0.3, 0.4) is 0 Å². The van der Waals surface area contributed by atoms with Crippen LogP contribution in [-0.4, -0.2) is 21.2 Å². The molecule has 31 heavy (non-hydrogen) atoms. The molecule has 4 N–H and O–H groups in total. The molecular formula is C23H22N6OS. The summed E-state index contributed by atoms with van der Waals surface area (Å²) in [5.41, 5.74) is 9.44. The number of ether oxygens (including phenoxy) is 1. The molecule has 0 fully saturated rings. The monoisotopic (exact) mass is 430 g/mol. The third-order valence-corrected chi connectivity index (χ3v) is 4.79. The molecule has 4 rings (SSSR count). The lowest BCUT2D eigenvalue weighted by Gasteiger charge is -2.10. The van der Waals surface area contributed by atoms with Gasteiger partial charge in [0.25, 0.3) is 0 Å². The van der Waals surface area contributed by atoms with Gasteiger partial charge in [-0.3, -0.25) is 9.71 Å². The first-order valence-electron chi connectivity index (χ1n) is 9.65. The summed E-state index contributed by atoms with van der Waals surface area (Å²) in [5.74, 6) is 2.31. The molecule has 2 aromatic carbocycles. The molecule has 0 saturated carbocycles. The van der Waals surface area contributed by atoms with Gasteiger partial charge in [0.15, 0.2) is 0 Å². The van der Waals surface area contributed by atoms with E-state index in [4.69, 9.17) is 10.5 Å². The van der Waals surface area contributed by atoms with Crippen molar-refractivity contribution in [3.05, 3.63) is 84.7 Å². The highest BCUT2D eigenvalue weighted by Crippen LogP contribution is 2.26. The highest BCUT2D eigenvalue weighted by Gasteiger charge is 2.06. The molecule has 4 aromatic rings. The maximum Gasteiger partial charge on any atom is 0.222 e. The second-order valence-corrected chi connectivity index (χ2v) is 7.32.